The Morgan fingerprint density at radius 1 is 0.775 bits per heavy atom. The maximum atomic E-state index is 14.6. The van der Waals surface area contributed by atoms with Crippen molar-refractivity contribution >= 4 is 46.3 Å². The van der Waals surface area contributed by atoms with Crippen LogP contribution < -0.4 is 0 Å². The number of hydrogen-bond acceptors (Lipinski definition) is 7. The van der Waals surface area contributed by atoms with Gasteiger partial charge in [0.05, 0.1) is 36.8 Å². The molecule has 1 saturated carbocycles. The summed E-state index contributed by atoms with van der Waals surface area (Å²) in [5.74, 6) is -6.57. The first-order valence-corrected chi connectivity index (χ1v) is 15.0. The minimum Gasteiger partial charge on any atom is -0.505 e. The van der Waals surface area contributed by atoms with E-state index in [0.29, 0.717) is 6.42 Å². The number of halogens is 1. The highest BCUT2D eigenvalue weighted by Crippen LogP contribution is 2.59. The van der Waals surface area contributed by atoms with Crippen LogP contribution in [0.3, 0.4) is 0 Å². The van der Waals surface area contributed by atoms with Crippen LogP contribution in [0.2, 0.25) is 0 Å². The van der Waals surface area contributed by atoms with Crippen molar-refractivity contribution in [1.29, 1.82) is 0 Å². The molecule has 7 rings (SSSR count). The van der Waals surface area contributed by atoms with Crippen molar-refractivity contribution in [1.82, 2.24) is 9.80 Å². The summed E-state index contributed by atoms with van der Waals surface area (Å²) in [5, 5.41) is 14.6. The zero-order valence-corrected chi connectivity index (χ0v) is 22.9. The van der Waals surface area contributed by atoms with E-state index in [9.17, 15) is 28.7 Å². The van der Waals surface area contributed by atoms with Crippen LogP contribution in [0.1, 0.15) is 34.1 Å². The first-order valence-electron chi connectivity index (χ1n) is 13.3. The zero-order chi connectivity index (χ0) is 27.7. The number of carbonyl (C=O) groups excluding carboxylic acids is 4. The number of allylic oxidation sites excluding steroid dienone is 2. The number of benzene rings is 1. The molecule has 2 saturated heterocycles. The van der Waals surface area contributed by atoms with E-state index in [-0.39, 0.29) is 48.7 Å². The van der Waals surface area contributed by atoms with Gasteiger partial charge in [-0.3, -0.25) is 29.0 Å². The summed E-state index contributed by atoms with van der Waals surface area (Å²) in [6.45, 7) is 0.350. The second-order valence-electron chi connectivity index (χ2n) is 10.9. The highest BCUT2D eigenvalue weighted by molar-refractivity contribution is 7.10. The fraction of sp³-hybridized carbons (Fsp3) is 0.333. The normalized spacial score (nSPS) is 29.5. The van der Waals surface area contributed by atoms with Crippen molar-refractivity contribution in [2.45, 2.75) is 31.8 Å². The number of carbonyl (C=O) groups is 4. The quantitative estimate of drug-likeness (QED) is 0.351. The van der Waals surface area contributed by atoms with Crippen LogP contribution in [0.15, 0.2) is 64.9 Å². The number of aromatic hydroxyl groups is 1. The second-order valence-corrected chi connectivity index (χ2v) is 13.0. The van der Waals surface area contributed by atoms with Gasteiger partial charge < -0.3 is 5.11 Å². The van der Waals surface area contributed by atoms with Gasteiger partial charge in [-0.1, -0.05) is 35.9 Å². The molecule has 0 radical (unpaired) electrons. The van der Waals surface area contributed by atoms with Crippen molar-refractivity contribution in [2.24, 2.45) is 29.6 Å². The van der Waals surface area contributed by atoms with Crippen LogP contribution in [-0.2, 0) is 32.3 Å². The van der Waals surface area contributed by atoms with Gasteiger partial charge in [-0.05, 0) is 47.7 Å². The molecule has 204 valence electrons. The number of imide groups is 2. The molecular weight excluding hydrogens is 551 g/mol. The SMILES string of the molecule is O=C1[C@H]2[C@H](CC=C3[C@H]2C[C@H]2C(=O)N(Cc4cccs4)C(=O)[C@H]2[C@H]3c2cccc(F)c2O)C(=O)N1Cc1cccs1. The number of likely N-dealkylation sites (tertiary alicyclic amines) is 2. The Hall–Kier alpha value is -3.63. The van der Waals surface area contributed by atoms with E-state index < -0.39 is 47.1 Å². The summed E-state index contributed by atoms with van der Waals surface area (Å²) in [6.07, 6.45) is 2.46. The molecule has 2 aliphatic heterocycles. The molecule has 4 heterocycles. The summed E-state index contributed by atoms with van der Waals surface area (Å²) < 4.78 is 14.6. The number of hydrogen-bond donors (Lipinski definition) is 1. The molecule has 3 aromatic rings. The van der Waals surface area contributed by atoms with Gasteiger partial charge in [-0.25, -0.2) is 4.39 Å². The molecule has 4 amide bonds. The van der Waals surface area contributed by atoms with E-state index in [4.69, 9.17) is 0 Å². The Bertz CT molecular complexity index is 1570. The minimum absolute atomic E-state index is 0.145. The predicted octanol–water partition coefficient (Wildman–Crippen LogP) is 4.69. The number of phenolic OH excluding ortho intramolecular Hbond substituents is 1. The molecule has 0 spiro atoms. The average molecular weight is 577 g/mol. The molecular formula is C30H25FN2O5S2. The Labute approximate surface area is 237 Å². The smallest absolute Gasteiger partial charge is 0.234 e. The van der Waals surface area contributed by atoms with Crippen LogP contribution in [0.5, 0.6) is 5.75 Å². The Balaban J connectivity index is 1.30. The number of fused-ring (bicyclic) bond motifs is 4. The van der Waals surface area contributed by atoms with Crippen molar-refractivity contribution < 1.29 is 28.7 Å². The van der Waals surface area contributed by atoms with Crippen molar-refractivity contribution in [3.8, 4) is 5.75 Å². The number of rotatable bonds is 5. The third kappa shape index (κ3) is 3.72. The van der Waals surface area contributed by atoms with Gasteiger partial charge in [0.1, 0.15) is 0 Å². The first-order chi connectivity index (χ1) is 19.3. The summed E-state index contributed by atoms with van der Waals surface area (Å²) in [4.78, 5) is 59.3. The number of nitrogens with zero attached hydrogens (tertiary/aromatic N) is 2. The maximum Gasteiger partial charge on any atom is 0.234 e. The zero-order valence-electron chi connectivity index (χ0n) is 21.2. The lowest BCUT2D eigenvalue weighted by atomic mass is 9.57. The highest BCUT2D eigenvalue weighted by Gasteiger charge is 2.62. The van der Waals surface area contributed by atoms with Crippen LogP contribution in [-0.4, -0.2) is 38.5 Å². The van der Waals surface area contributed by atoms with Crippen LogP contribution in [0.25, 0.3) is 0 Å². The molecule has 6 atom stereocenters. The van der Waals surface area contributed by atoms with Gasteiger partial charge in [-0.15, -0.1) is 22.7 Å². The Morgan fingerprint density at radius 2 is 1.40 bits per heavy atom. The molecule has 10 heteroatoms. The van der Waals surface area contributed by atoms with E-state index in [0.717, 1.165) is 21.4 Å². The molecule has 2 aromatic heterocycles. The van der Waals surface area contributed by atoms with Crippen molar-refractivity contribution in [2.75, 3.05) is 0 Å². The summed E-state index contributed by atoms with van der Waals surface area (Å²) >= 11 is 2.93. The van der Waals surface area contributed by atoms with E-state index in [1.54, 1.807) is 6.07 Å². The van der Waals surface area contributed by atoms with Gasteiger partial charge in [0.25, 0.3) is 0 Å². The highest BCUT2D eigenvalue weighted by atomic mass is 32.1. The standard InChI is InChI=1S/C30H25FN2O5S2/c31-22-7-1-6-18(26(22)34)23-17-8-9-19-24(29(37)32(27(19)35)13-15-4-2-10-39-15)20(17)12-21-25(23)30(38)33(28(21)36)14-16-5-3-11-40-16/h1-8,10-11,19-21,23-25,34H,9,12-14H2/t19-,20+,21+,23+,24-,25+/m0/s1. The maximum absolute atomic E-state index is 14.6. The third-order valence-electron chi connectivity index (χ3n) is 8.97. The van der Waals surface area contributed by atoms with Gasteiger partial charge in [0.15, 0.2) is 11.6 Å². The molecule has 1 aromatic carbocycles. The third-order valence-corrected chi connectivity index (χ3v) is 10.7. The van der Waals surface area contributed by atoms with Gasteiger partial charge in [0, 0.05) is 21.2 Å². The fourth-order valence-electron chi connectivity index (χ4n) is 7.28. The summed E-state index contributed by atoms with van der Waals surface area (Å²) in [6, 6.07) is 11.7. The van der Waals surface area contributed by atoms with Gasteiger partial charge in [0.2, 0.25) is 23.6 Å². The lowest BCUT2D eigenvalue weighted by Gasteiger charge is -2.44. The van der Waals surface area contributed by atoms with Crippen LogP contribution in [0, 0.1) is 35.4 Å². The number of thiophene rings is 2. The van der Waals surface area contributed by atoms with E-state index in [1.165, 1.54) is 38.5 Å². The van der Waals surface area contributed by atoms with Crippen molar-refractivity contribution in [3.05, 3.63) is 86.0 Å². The lowest BCUT2D eigenvalue weighted by Crippen LogP contribution is -2.43. The first kappa shape index (κ1) is 25.3. The topological polar surface area (TPSA) is 95.0 Å². The Morgan fingerprint density at radius 3 is 2.02 bits per heavy atom. The largest absolute Gasteiger partial charge is 0.505 e. The van der Waals surface area contributed by atoms with E-state index >= 15 is 0 Å². The summed E-state index contributed by atoms with van der Waals surface area (Å²) in [5.41, 5.74) is 0.970. The van der Waals surface area contributed by atoms with Gasteiger partial charge in [-0.2, -0.15) is 0 Å². The molecule has 3 fully saturated rings. The second kappa shape index (κ2) is 9.49. The lowest BCUT2D eigenvalue weighted by molar-refractivity contribution is -0.142. The van der Waals surface area contributed by atoms with E-state index in [1.807, 2.05) is 41.1 Å². The van der Waals surface area contributed by atoms with Crippen molar-refractivity contribution in [3.63, 3.8) is 0 Å². The van der Waals surface area contributed by atoms with Crippen LogP contribution in [0.4, 0.5) is 4.39 Å². The molecule has 0 bridgehead atoms. The number of para-hydroxylation sites is 1. The summed E-state index contributed by atoms with van der Waals surface area (Å²) in [7, 11) is 0. The molecule has 40 heavy (non-hydrogen) atoms. The van der Waals surface area contributed by atoms with E-state index in [2.05, 4.69) is 0 Å². The van der Waals surface area contributed by atoms with Crippen LogP contribution >= 0.6 is 22.7 Å². The predicted molar refractivity (Wildman–Crippen MR) is 145 cm³/mol. The Kier molecular flexibility index (Phi) is 6.01. The minimum atomic E-state index is -0.825. The fourth-order valence-corrected chi connectivity index (χ4v) is 8.66. The molecule has 2 aliphatic carbocycles. The molecule has 7 nitrogen and oxygen atoms in total. The number of phenols is 1. The monoisotopic (exact) mass is 576 g/mol. The van der Waals surface area contributed by atoms with Gasteiger partial charge >= 0.3 is 0 Å². The molecule has 0 unspecified atom stereocenters. The molecule has 1 N–H and O–H groups in total. The number of amides is 4. The molecule has 4 aliphatic rings. The average Bonchev–Trinajstić information content (AvgIpc) is 3.74.